The number of nitrogens with one attached hydrogen (secondary N) is 1. The van der Waals surface area contributed by atoms with E-state index in [1.807, 2.05) is 6.92 Å². The predicted molar refractivity (Wildman–Crippen MR) is 124 cm³/mol. The lowest BCUT2D eigenvalue weighted by atomic mass is 10.1. The molecule has 0 fully saturated rings. The largest absolute Gasteiger partial charge is 0.494 e. The van der Waals surface area contributed by atoms with Crippen LogP contribution in [0.3, 0.4) is 0 Å². The minimum Gasteiger partial charge on any atom is -0.494 e. The van der Waals surface area contributed by atoms with Crippen LogP contribution in [0.25, 0.3) is 0 Å². The molecule has 32 heavy (non-hydrogen) atoms. The lowest BCUT2D eigenvalue weighted by Crippen LogP contribution is -2.28. The number of anilines is 1. The number of carbonyl (C=O) groups excluding carboxylic acids is 2. The van der Waals surface area contributed by atoms with Crippen molar-refractivity contribution in [3.63, 3.8) is 0 Å². The molecule has 0 atom stereocenters. The van der Waals surface area contributed by atoms with Gasteiger partial charge in [-0.15, -0.1) is 0 Å². The van der Waals surface area contributed by atoms with Crippen molar-refractivity contribution in [3.05, 3.63) is 94.3 Å². The van der Waals surface area contributed by atoms with Crippen LogP contribution in [0.1, 0.15) is 32.7 Å². The summed E-state index contributed by atoms with van der Waals surface area (Å²) >= 11 is 5.85. The standard InChI is InChI=1S/C25H24ClFN2O3/c1-17-8-9-18(16-23(17)28-24(30)21-6-3-4-7-22(21)27)25(31)29(2)14-5-15-32-20-12-10-19(26)11-13-20/h3-4,6-13,16H,5,14-15H2,1-2H3,(H,28,30). The fourth-order valence-corrected chi connectivity index (χ4v) is 3.20. The van der Waals surface area contributed by atoms with Crippen molar-refractivity contribution < 1.29 is 18.7 Å². The van der Waals surface area contributed by atoms with Gasteiger partial charge >= 0.3 is 0 Å². The summed E-state index contributed by atoms with van der Waals surface area (Å²) in [4.78, 5) is 26.9. The van der Waals surface area contributed by atoms with E-state index in [0.29, 0.717) is 35.8 Å². The third-order valence-electron chi connectivity index (χ3n) is 4.92. The van der Waals surface area contributed by atoms with Crippen LogP contribution in [0.15, 0.2) is 66.7 Å². The van der Waals surface area contributed by atoms with Crippen molar-refractivity contribution in [2.75, 3.05) is 25.5 Å². The van der Waals surface area contributed by atoms with E-state index >= 15 is 0 Å². The molecule has 0 saturated carbocycles. The van der Waals surface area contributed by atoms with Gasteiger partial charge in [-0.3, -0.25) is 9.59 Å². The average Bonchev–Trinajstić information content (AvgIpc) is 2.79. The molecule has 3 aromatic carbocycles. The van der Waals surface area contributed by atoms with E-state index in [1.165, 1.54) is 18.2 Å². The van der Waals surface area contributed by atoms with Crippen molar-refractivity contribution in [3.8, 4) is 5.75 Å². The Morgan fingerprint density at radius 2 is 1.78 bits per heavy atom. The Morgan fingerprint density at radius 3 is 2.50 bits per heavy atom. The molecule has 0 heterocycles. The molecule has 5 nitrogen and oxygen atoms in total. The molecule has 7 heteroatoms. The second kappa shape index (κ2) is 10.8. The maximum Gasteiger partial charge on any atom is 0.258 e. The monoisotopic (exact) mass is 454 g/mol. The summed E-state index contributed by atoms with van der Waals surface area (Å²) in [6, 6.07) is 17.9. The van der Waals surface area contributed by atoms with Crippen LogP contribution in [0.4, 0.5) is 10.1 Å². The molecule has 0 aromatic heterocycles. The van der Waals surface area contributed by atoms with Gasteiger partial charge in [-0.05, 0) is 67.4 Å². The number of ether oxygens (including phenoxy) is 1. The quantitative estimate of drug-likeness (QED) is 0.452. The number of rotatable bonds is 8. The fraction of sp³-hybridized carbons (Fsp3) is 0.200. The van der Waals surface area contributed by atoms with Crippen LogP contribution in [0.2, 0.25) is 5.02 Å². The summed E-state index contributed by atoms with van der Waals surface area (Å²) in [5, 5.41) is 3.34. The minimum atomic E-state index is -0.601. The van der Waals surface area contributed by atoms with E-state index in [9.17, 15) is 14.0 Å². The summed E-state index contributed by atoms with van der Waals surface area (Å²) in [5.41, 5.74) is 1.61. The van der Waals surface area contributed by atoms with Crippen molar-refractivity contribution in [1.82, 2.24) is 4.90 Å². The first kappa shape index (κ1) is 23.3. The Kier molecular flexibility index (Phi) is 7.84. The fourth-order valence-electron chi connectivity index (χ4n) is 3.07. The smallest absolute Gasteiger partial charge is 0.258 e. The van der Waals surface area contributed by atoms with Gasteiger partial charge in [-0.25, -0.2) is 4.39 Å². The number of nitrogens with zero attached hydrogens (tertiary/aromatic N) is 1. The highest BCUT2D eigenvalue weighted by molar-refractivity contribution is 6.30. The highest BCUT2D eigenvalue weighted by Crippen LogP contribution is 2.20. The van der Waals surface area contributed by atoms with Gasteiger partial charge in [0.15, 0.2) is 0 Å². The molecule has 3 aromatic rings. The minimum absolute atomic E-state index is 0.0542. The maximum absolute atomic E-state index is 13.9. The molecule has 2 amide bonds. The van der Waals surface area contributed by atoms with Gasteiger partial charge in [0.25, 0.3) is 11.8 Å². The first-order chi connectivity index (χ1) is 15.3. The lowest BCUT2D eigenvalue weighted by molar-refractivity contribution is 0.0787. The van der Waals surface area contributed by atoms with E-state index in [0.717, 1.165) is 11.3 Å². The normalized spacial score (nSPS) is 10.5. The van der Waals surface area contributed by atoms with Gasteiger partial charge in [-0.2, -0.15) is 0 Å². The Morgan fingerprint density at radius 1 is 1.06 bits per heavy atom. The molecule has 0 spiro atoms. The Balaban J connectivity index is 1.58. The molecule has 0 aliphatic heterocycles. The summed E-state index contributed by atoms with van der Waals surface area (Å²) in [6.07, 6.45) is 0.646. The van der Waals surface area contributed by atoms with E-state index in [1.54, 1.807) is 60.5 Å². The third kappa shape index (κ3) is 6.08. The first-order valence-electron chi connectivity index (χ1n) is 10.2. The van der Waals surface area contributed by atoms with Crippen LogP contribution >= 0.6 is 11.6 Å². The maximum atomic E-state index is 13.9. The number of halogens is 2. The second-order valence-electron chi connectivity index (χ2n) is 7.35. The topological polar surface area (TPSA) is 58.6 Å². The molecule has 0 unspecified atom stereocenters. The van der Waals surface area contributed by atoms with E-state index < -0.39 is 11.7 Å². The van der Waals surface area contributed by atoms with Crippen molar-refractivity contribution >= 4 is 29.1 Å². The highest BCUT2D eigenvalue weighted by atomic mass is 35.5. The third-order valence-corrected chi connectivity index (χ3v) is 5.17. The van der Waals surface area contributed by atoms with Gasteiger partial charge in [0.05, 0.1) is 12.2 Å². The number of hydrogen-bond donors (Lipinski definition) is 1. The SMILES string of the molecule is Cc1ccc(C(=O)N(C)CCCOc2ccc(Cl)cc2)cc1NC(=O)c1ccccc1F. The van der Waals surface area contributed by atoms with Gasteiger partial charge in [0.2, 0.25) is 0 Å². The molecular formula is C25H24ClFN2O3. The van der Waals surface area contributed by atoms with Crippen LogP contribution in [0, 0.1) is 12.7 Å². The zero-order chi connectivity index (χ0) is 23.1. The van der Waals surface area contributed by atoms with Crippen LogP contribution in [0.5, 0.6) is 5.75 Å². The molecule has 0 saturated heterocycles. The van der Waals surface area contributed by atoms with E-state index in [2.05, 4.69) is 5.32 Å². The zero-order valence-electron chi connectivity index (χ0n) is 17.9. The molecule has 0 bridgehead atoms. The number of benzene rings is 3. The van der Waals surface area contributed by atoms with Gasteiger partial charge < -0.3 is 15.0 Å². The highest BCUT2D eigenvalue weighted by Gasteiger charge is 2.16. The number of aryl methyl sites for hydroxylation is 1. The number of hydrogen-bond acceptors (Lipinski definition) is 3. The molecule has 0 radical (unpaired) electrons. The van der Waals surface area contributed by atoms with E-state index in [4.69, 9.17) is 16.3 Å². The molecule has 166 valence electrons. The van der Waals surface area contributed by atoms with Gasteiger partial charge in [0.1, 0.15) is 11.6 Å². The van der Waals surface area contributed by atoms with Crippen LogP contribution in [-0.2, 0) is 0 Å². The first-order valence-corrected chi connectivity index (χ1v) is 10.5. The predicted octanol–water partition coefficient (Wildman–Crippen LogP) is 5.58. The second-order valence-corrected chi connectivity index (χ2v) is 7.78. The molecule has 0 aliphatic carbocycles. The number of amides is 2. The average molecular weight is 455 g/mol. The van der Waals surface area contributed by atoms with Crippen molar-refractivity contribution in [1.29, 1.82) is 0 Å². The molecule has 1 N–H and O–H groups in total. The molecule has 3 rings (SSSR count). The van der Waals surface area contributed by atoms with Crippen LogP contribution < -0.4 is 10.1 Å². The Labute approximate surface area is 191 Å². The summed E-state index contributed by atoms with van der Waals surface area (Å²) in [5.74, 6) is -0.631. The van der Waals surface area contributed by atoms with Gasteiger partial charge in [0, 0.05) is 29.9 Å². The van der Waals surface area contributed by atoms with Gasteiger partial charge in [-0.1, -0.05) is 29.8 Å². The van der Waals surface area contributed by atoms with E-state index in [-0.39, 0.29) is 11.5 Å². The van der Waals surface area contributed by atoms with Crippen molar-refractivity contribution in [2.45, 2.75) is 13.3 Å². The summed E-state index contributed by atoms with van der Waals surface area (Å²) < 4.78 is 19.5. The van der Waals surface area contributed by atoms with Crippen LogP contribution in [-0.4, -0.2) is 36.9 Å². The van der Waals surface area contributed by atoms with Crippen molar-refractivity contribution in [2.24, 2.45) is 0 Å². The summed E-state index contributed by atoms with van der Waals surface area (Å²) in [6.45, 7) is 2.76. The Hall–Kier alpha value is -3.38. The zero-order valence-corrected chi connectivity index (χ0v) is 18.7. The molecule has 0 aliphatic rings. The Bertz CT molecular complexity index is 1100. The number of carbonyl (C=O) groups is 2. The molecular weight excluding hydrogens is 431 g/mol. The lowest BCUT2D eigenvalue weighted by Gasteiger charge is -2.18. The summed E-state index contributed by atoms with van der Waals surface area (Å²) in [7, 11) is 1.71.